The van der Waals surface area contributed by atoms with Crippen molar-refractivity contribution < 1.29 is 4.79 Å². The van der Waals surface area contributed by atoms with Crippen LogP contribution in [0.1, 0.15) is 31.7 Å². The molecule has 0 aliphatic rings. The molecule has 1 unspecified atom stereocenters. The number of aryl methyl sites for hydroxylation is 2. The van der Waals surface area contributed by atoms with E-state index in [1.165, 1.54) is 16.5 Å². The summed E-state index contributed by atoms with van der Waals surface area (Å²) in [6.07, 6.45) is 3.18. The maximum Gasteiger partial charge on any atom is 0.261 e. The van der Waals surface area contributed by atoms with Crippen LogP contribution in [0, 0.1) is 6.92 Å². The Bertz CT molecular complexity index is 1300. The van der Waals surface area contributed by atoms with Gasteiger partial charge in [0.1, 0.15) is 5.82 Å². The number of amides is 1. The quantitative estimate of drug-likeness (QED) is 0.498. The number of rotatable bonds is 7. The maximum absolute atomic E-state index is 12.8. The van der Waals surface area contributed by atoms with Gasteiger partial charge in [-0.15, -0.1) is 0 Å². The molecule has 0 fully saturated rings. The van der Waals surface area contributed by atoms with Crippen LogP contribution < -0.4 is 10.9 Å². The van der Waals surface area contributed by atoms with Gasteiger partial charge in [-0.1, -0.05) is 30.3 Å². The molecule has 0 aliphatic heterocycles. The topological polar surface area (TPSA) is 68.9 Å². The molecule has 2 aromatic carbocycles. The van der Waals surface area contributed by atoms with Gasteiger partial charge in [0.15, 0.2) is 0 Å². The van der Waals surface area contributed by atoms with Gasteiger partial charge in [0.25, 0.3) is 5.56 Å². The van der Waals surface area contributed by atoms with Crippen molar-refractivity contribution in [2.45, 2.75) is 52.7 Å². The summed E-state index contributed by atoms with van der Waals surface area (Å²) < 4.78 is 3.82. The van der Waals surface area contributed by atoms with Crippen LogP contribution in [-0.4, -0.2) is 26.1 Å². The summed E-state index contributed by atoms with van der Waals surface area (Å²) in [5.41, 5.74) is 3.04. The van der Waals surface area contributed by atoms with Crippen LogP contribution in [0.3, 0.4) is 0 Å². The van der Waals surface area contributed by atoms with Gasteiger partial charge in [0.05, 0.1) is 10.9 Å². The molecule has 2 aromatic heterocycles. The molecule has 4 rings (SSSR count). The van der Waals surface area contributed by atoms with Crippen molar-refractivity contribution in [3.63, 3.8) is 0 Å². The lowest BCUT2D eigenvalue weighted by Gasteiger charge is -2.15. The minimum Gasteiger partial charge on any atom is -0.353 e. The molecule has 0 aliphatic carbocycles. The normalized spacial score (nSPS) is 12.4. The summed E-state index contributed by atoms with van der Waals surface area (Å²) in [7, 11) is 0. The average molecular weight is 417 g/mol. The van der Waals surface area contributed by atoms with Gasteiger partial charge in [-0.25, -0.2) is 4.98 Å². The molecular formula is C25H28N4O2. The Morgan fingerprint density at radius 1 is 1.10 bits per heavy atom. The Labute approximate surface area is 181 Å². The van der Waals surface area contributed by atoms with Crippen molar-refractivity contribution in [3.8, 4) is 0 Å². The SMILES string of the molecule is CCn1cc(CC(C)NC(=O)CCn2c(C)nc3ccccc3c2=O)c2ccccc21. The molecule has 1 amide bonds. The molecular weight excluding hydrogens is 388 g/mol. The van der Waals surface area contributed by atoms with E-state index in [0.717, 1.165) is 13.0 Å². The van der Waals surface area contributed by atoms with E-state index in [0.29, 0.717) is 23.3 Å². The second-order valence-electron chi connectivity index (χ2n) is 8.01. The lowest BCUT2D eigenvalue weighted by molar-refractivity contribution is -0.121. The largest absolute Gasteiger partial charge is 0.353 e. The maximum atomic E-state index is 12.8. The van der Waals surface area contributed by atoms with Crippen LogP contribution in [0.25, 0.3) is 21.8 Å². The molecule has 6 heteroatoms. The van der Waals surface area contributed by atoms with Gasteiger partial charge < -0.3 is 9.88 Å². The Balaban J connectivity index is 1.42. The standard InChI is InChI=1S/C25H28N4O2/c1-4-28-16-19(20-9-6-8-12-23(20)28)15-17(2)26-24(30)13-14-29-18(3)27-22-11-7-5-10-21(22)25(29)31/h5-12,16-17H,4,13-15H2,1-3H3,(H,26,30). The summed E-state index contributed by atoms with van der Waals surface area (Å²) in [6, 6.07) is 15.7. The second kappa shape index (κ2) is 8.76. The van der Waals surface area contributed by atoms with Gasteiger partial charge in [0.2, 0.25) is 5.91 Å². The summed E-state index contributed by atoms with van der Waals surface area (Å²) >= 11 is 0. The van der Waals surface area contributed by atoms with E-state index in [-0.39, 0.29) is 23.9 Å². The van der Waals surface area contributed by atoms with E-state index in [1.807, 2.05) is 31.2 Å². The third-order valence-corrected chi connectivity index (χ3v) is 5.76. The average Bonchev–Trinajstić information content (AvgIpc) is 3.11. The molecule has 1 N–H and O–H groups in total. The van der Waals surface area contributed by atoms with Crippen molar-refractivity contribution in [1.82, 2.24) is 19.4 Å². The predicted molar refractivity (Wildman–Crippen MR) is 124 cm³/mol. The van der Waals surface area contributed by atoms with E-state index in [9.17, 15) is 9.59 Å². The van der Waals surface area contributed by atoms with Crippen LogP contribution in [0.2, 0.25) is 0 Å². The molecule has 4 aromatic rings. The highest BCUT2D eigenvalue weighted by Gasteiger charge is 2.14. The Morgan fingerprint density at radius 3 is 2.58 bits per heavy atom. The fourth-order valence-electron chi connectivity index (χ4n) is 4.23. The number of aromatic nitrogens is 3. The summed E-state index contributed by atoms with van der Waals surface area (Å²) in [5.74, 6) is 0.558. The Hall–Kier alpha value is -3.41. The number of hydrogen-bond acceptors (Lipinski definition) is 3. The third kappa shape index (κ3) is 4.24. The van der Waals surface area contributed by atoms with Crippen molar-refractivity contribution in [3.05, 3.63) is 76.5 Å². The number of nitrogens with zero attached hydrogens (tertiary/aromatic N) is 3. The molecule has 160 valence electrons. The lowest BCUT2D eigenvalue weighted by atomic mass is 10.1. The number of carbonyl (C=O) groups excluding carboxylic acids is 1. The van der Waals surface area contributed by atoms with Gasteiger partial charge in [0, 0.05) is 42.7 Å². The number of carbonyl (C=O) groups is 1. The number of hydrogen-bond donors (Lipinski definition) is 1. The van der Waals surface area contributed by atoms with E-state index >= 15 is 0 Å². The molecule has 6 nitrogen and oxygen atoms in total. The van der Waals surface area contributed by atoms with Gasteiger partial charge in [-0.3, -0.25) is 14.2 Å². The molecule has 31 heavy (non-hydrogen) atoms. The van der Waals surface area contributed by atoms with E-state index in [1.54, 1.807) is 17.6 Å². The van der Waals surface area contributed by atoms with Crippen LogP contribution in [0.5, 0.6) is 0 Å². The molecule has 0 spiro atoms. The third-order valence-electron chi connectivity index (χ3n) is 5.76. The highest BCUT2D eigenvalue weighted by atomic mass is 16.2. The van der Waals surface area contributed by atoms with Crippen molar-refractivity contribution in [2.75, 3.05) is 0 Å². The van der Waals surface area contributed by atoms with E-state index < -0.39 is 0 Å². The fraction of sp³-hybridized carbons (Fsp3) is 0.320. The molecule has 0 bridgehead atoms. The Kier molecular flexibility index (Phi) is 5.89. The highest BCUT2D eigenvalue weighted by Crippen LogP contribution is 2.22. The zero-order valence-corrected chi connectivity index (χ0v) is 18.3. The number of benzene rings is 2. The fourth-order valence-corrected chi connectivity index (χ4v) is 4.23. The summed E-state index contributed by atoms with van der Waals surface area (Å²) in [5, 5.41) is 4.89. The van der Waals surface area contributed by atoms with E-state index in [2.05, 4.69) is 46.2 Å². The number of nitrogens with one attached hydrogen (secondary N) is 1. The number of fused-ring (bicyclic) bond motifs is 2. The first-order valence-electron chi connectivity index (χ1n) is 10.8. The molecule has 0 saturated heterocycles. The smallest absolute Gasteiger partial charge is 0.261 e. The van der Waals surface area contributed by atoms with Crippen molar-refractivity contribution in [2.24, 2.45) is 0 Å². The zero-order valence-electron chi connectivity index (χ0n) is 18.3. The summed E-state index contributed by atoms with van der Waals surface area (Å²) in [4.78, 5) is 29.8. The molecule has 1 atom stereocenters. The van der Waals surface area contributed by atoms with Crippen LogP contribution in [-0.2, 0) is 24.3 Å². The second-order valence-corrected chi connectivity index (χ2v) is 8.01. The minimum absolute atomic E-state index is 0.00356. The van der Waals surface area contributed by atoms with Gasteiger partial charge >= 0.3 is 0 Å². The number of para-hydroxylation sites is 2. The molecule has 0 saturated carbocycles. The first-order valence-corrected chi connectivity index (χ1v) is 10.8. The molecule has 0 radical (unpaired) electrons. The monoisotopic (exact) mass is 416 g/mol. The van der Waals surface area contributed by atoms with Crippen LogP contribution in [0.15, 0.2) is 59.5 Å². The minimum atomic E-state index is -0.101. The van der Waals surface area contributed by atoms with Gasteiger partial charge in [-0.2, -0.15) is 0 Å². The first kappa shape index (κ1) is 20.8. The zero-order chi connectivity index (χ0) is 22.0. The van der Waals surface area contributed by atoms with E-state index in [4.69, 9.17) is 0 Å². The predicted octanol–water partition coefficient (Wildman–Crippen LogP) is 3.82. The van der Waals surface area contributed by atoms with Gasteiger partial charge in [-0.05, 0) is 51.0 Å². The highest BCUT2D eigenvalue weighted by molar-refractivity contribution is 5.84. The van der Waals surface area contributed by atoms with Crippen molar-refractivity contribution in [1.29, 1.82) is 0 Å². The van der Waals surface area contributed by atoms with Crippen molar-refractivity contribution >= 4 is 27.7 Å². The Morgan fingerprint density at radius 2 is 1.81 bits per heavy atom. The summed E-state index contributed by atoms with van der Waals surface area (Å²) in [6.45, 7) is 7.18. The van der Waals surface area contributed by atoms with Crippen LogP contribution in [0.4, 0.5) is 0 Å². The molecule has 2 heterocycles. The van der Waals surface area contributed by atoms with Crippen LogP contribution >= 0.6 is 0 Å². The lowest BCUT2D eigenvalue weighted by Crippen LogP contribution is -2.35. The first-order chi connectivity index (χ1) is 15.0.